The smallest absolute Gasteiger partial charge is 0.267 e. The monoisotopic (exact) mass is 451 g/mol. The zero-order chi connectivity index (χ0) is 22.8. The molecular weight excluding hydrogens is 430 g/mol. The highest BCUT2D eigenvalue weighted by molar-refractivity contribution is 7.13. The first-order valence-corrected chi connectivity index (χ1v) is 11.4. The van der Waals surface area contributed by atoms with E-state index < -0.39 is 0 Å². The van der Waals surface area contributed by atoms with Gasteiger partial charge in [-0.25, -0.2) is 15.1 Å². The normalized spacial score (nSPS) is 11.3. The van der Waals surface area contributed by atoms with Crippen molar-refractivity contribution in [1.29, 1.82) is 0 Å². The molecule has 3 heterocycles. The lowest BCUT2D eigenvalue weighted by atomic mass is 10.1. The summed E-state index contributed by atoms with van der Waals surface area (Å²) in [6.07, 6.45) is 1.65. The number of pyridine rings is 1. The lowest BCUT2D eigenvalue weighted by molar-refractivity contribution is 0.0956. The van der Waals surface area contributed by atoms with Gasteiger partial charge in [-0.2, -0.15) is 10.2 Å². The molecule has 1 N–H and O–H groups in total. The Hall–Kier alpha value is -4.10. The summed E-state index contributed by atoms with van der Waals surface area (Å²) in [4.78, 5) is 18.8. The lowest BCUT2D eigenvalue weighted by Gasteiger charge is -2.08. The maximum Gasteiger partial charge on any atom is 0.272 e. The molecule has 0 aliphatic rings. The summed E-state index contributed by atoms with van der Waals surface area (Å²) in [5.41, 5.74) is 8.40. The number of nitrogens with zero attached hydrogens (tertiary/aromatic N) is 4. The molecule has 1 amide bonds. The highest BCUT2D eigenvalue weighted by atomic mass is 32.1. The number of aromatic nitrogens is 3. The second-order valence-electron chi connectivity index (χ2n) is 7.58. The first kappa shape index (κ1) is 20.8. The molecule has 2 aromatic carbocycles. The van der Waals surface area contributed by atoms with E-state index >= 15 is 0 Å². The summed E-state index contributed by atoms with van der Waals surface area (Å²) in [7, 11) is 0. The predicted molar refractivity (Wildman–Crippen MR) is 133 cm³/mol. The van der Waals surface area contributed by atoms with Crippen molar-refractivity contribution in [1.82, 2.24) is 20.2 Å². The Labute approximate surface area is 195 Å². The average molecular weight is 452 g/mol. The molecule has 0 aliphatic carbocycles. The quantitative estimate of drug-likeness (QED) is 0.282. The minimum Gasteiger partial charge on any atom is -0.267 e. The van der Waals surface area contributed by atoms with Gasteiger partial charge in [0.15, 0.2) is 0 Å². The van der Waals surface area contributed by atoms with Crippen LogP contribution < -0.4 is 5.43 Å². The van der Waals surface area contributed by atoms with Crippen molar-refractivity contribution in [2.75, 3.05) is 0 Å². The van der Waals surface area contributed by atoms with E-state index in [1.165, 1.54) is 0 Å². The SMILES string of the molecule is Cc1nn(-c2ccccc2)c(C)c1C=NNC(=O)c1cc(-c2cccs2)nc2ccccc12. The number of carbonyl (C=O) groups excluding carboxylic acids is 1. The highest BCUT2D eigenvalue weighted by Crippen LogP contribution is 2.28. The minimum atomic E-state index is -0.284. The van der Waals surface area contributed by atoms with Crippen molar-refractivity contribution in [2.24, 2.45) is 5.10 Å². The van der Waals surface area contributed by atoms with Crippen LogP contribution in [0.2, 0.25) is 0 Å². The Bertz CT molecular complexity index is 1470. The molecule has 0 bridgehead atoms. The van der Waals surface area contributed by atoms with Crippen molar-refractivity contribution < 1.29 is 4.79 Å². The number of fused-ring (bicyclic) bond motifs is 1. The van der Waals surface area contributed by atoms with Crippen LogP contribution in [0.3, 0.4) is 0 Å². The molecule has 0 atom stereocenters. The van der Waals surface area contributed by atoms with Gasteiger partial charge in [0.25, 0.3) is 5.91 Å². The van der Waals surface area contributed by atoms with Crippen LogP contribution in [0.5, 0.6) is 0 Å². The van der Waals surface area contributed by atoms with Crippen LogP contribution in [-0.4, -0.2) is 26.9 Å². The Morgan fingerprint density at radius 3 is 2.61 bits per heavy atom. The third kappa shape index (κ3) is 4.06. The zero-order valence-electron chi connectivity index (χ0n) is 18.2. The third-order valence-corrected chi connectivity index (χ3v) is 6.33. The number of aryl methyl sites for hydroxylation is 1. The van der Waals surface area contributed by atoms with Crippen LogP contribution in [-0.2, 0) is 0 Å². The molecular formula is C26H21N5OS. The van der Waals surface area contributed by atoms with Gasteiger partial charge < -0.3 is 0 Å². The summed E-state index contributed by atoms with van der Waals surface area (Å²) in [6, 6.07) is 23.4. The summed E-state index contributed by atoms with van der Waals surface area (Å²) >= 11 is 1.59. The van der Waals surface area contributed by atoms with Crippen LogP contribution in [0, 0.1) is 13.8 Å². The molecule has 0 aliphatic heterocycles. The number of hydrazone groups is 1. The fraction of sp³-hybridized carbons (Fsp3) is 0.0769. The molecule has 0 fully saturated rings. The number of rotatable bonds is 5. The molecule has 5 aromatic rings. The second kappa shape index (κ2) is 8.80. The molecule has 0 radical (unpaired) electrons. The van der Waals surface area contributed by atoms with Gasteiger partial charge >= 0.3 is 0 Å². The van der Waals surface area contributed by atoms with E-state index in [1.807, 2.05) is 96.7 Å². The van der Waals surface area contributed by atoms with Crippen molar-refractivity contribution in [2.45, 2.75) is 13.8 Å². The molecule has 0 unspecified atom stereocenters. The second-order valence-corrected chi connectivity index (χ2v) is 8.53. The van der Waals surface area contributed by atoms with E-state index in [4.69, 9.17) is 4.98 Å². The zero-order valence-corrected chi connectivity index (χ0v) is 19.0. The fourth-order valence-corrected chi connectivity index (χ4v) is 4.48. The Morgan fingerprint density at radius 1 is 1.03 bits per heavy atom. The molecule has 162 valence electrons. The van der Waals surface area contributed by atoms with E-state index in [0.29, 0.717) is 5.56 Å². The number of hydrogen-bond donors (Lipinski definition) is 1. The van der Waals surface area contributed by atoms with Crippen molar-refractivity contribution in [3.63, 3.8) is 0 Å². The van der Waals surface area contributed by atoms with Crippen LogP contribution in [0.4, 0.5) is 0 Å². The summed E-state index contributed by atoms with van der Waals surface area (Å²) in [5, 5.41) is 11.7. The van der Waals surface area contributed by atoms with Gasteiger partial charge in [0.05, 0.1) is 44.9 Å². The average Bonchev–Trinajstić information content (AvgIpc) is 3.48. The van der Waals surface area contributed by atoms with Crippen LogP contribution >= 0.6 is 11.3 Å². The summed E-state index contributed by atoms with van der Waals surface area (Å²) in [5.74, 6) is -0.284. The van der Waals surface area contributed by atoms with E-state index in [2.05, 4.69) is 15.6 Å². The van der Waals surface area contributed by atoms with Gasteiger partial charge in [-0.3, -0.25) is 4.79 Å². The Kier molecular flexibility index (Phi) is 5.54. The number of hydrogen-bond acceptors (Lipinski definition) is 5. The number of para-hydroxylation sites is 2. The Morgan fingerprint density at radius 2 is 1.82 bits per heavy atom. The first-order valence-electron chi connectivity index (χ1n) is 10.5. The minimum absolute atomic E-state index is 0.284. The molecule has 6 nitrogen and oxygen atoms in total. The number of benzene rings is 2. The molecule has 33 heavy (non-hydrogen) atoms. The third-order valence-electron chi connectivity index (χ3n) is 5.44. The predicted octanol–water partition coefficient (Wildman–Crippen LogP) is 5.53. The van der Waals surface area contributed by atoms with Gasteiger partial charge in [0.2, 0.25) is 0 Å². The van der Waals surface area contributed by atoms with Gasteiger partial charge in [0.1, 0.15) is 0 Å². The van der Waals surface area contributed by atoms with Crippen molar-refractivity contribution in [3.05, 3.63) is 101 Å². The van der Waals surface area contributed by atoms with E-state index in [9.17, 15) is 4.79 Å². The largest absolute Gasteiger partial charge is 0.272 e. The number of amides is 1. The van der Waals surface area contributed by atoms with Gasteiger partial charge in [-0.15, -0.1) is 11.3 Å². The topological polar surface area (TPSA) is 72.2 Å². The van der Waals surface area contributed by atoms with Gasteiger partial charge in [-0.05, 0) is 49.6 Å². The summed E-state index contributed by atoms with van der Waals surface area (Å²) < 4.78 is 1.88. The van der Waals surface area contributed by atoms with E-state index in [1.54, 1.807) is 17.6 Å². The number of thiophene rings is 1. The molecule has 3 aromatic heterocycles. The van der Waals surface area contributed by atoms with E-state index in [0.717, 1.165) is 44.1 Å². The van der Waals surface area contributed by atoms with Crippen LogP contribution in [0.1, 0.15) is 27.3 Å². The molecule has 7 heteroatoms. The van der Waals surface area contributed by atoms with Crippen molar-refractivity contribution in [3.8, 4) is 16.3 Å². The maximum absolute atomic E-state index is 13.1. The Balaban J connectivity index is 1.44. The number of nitrogens with one attached hydrogen (secondary N) is 1. The molecule has 5 rings (SSSR count). The molecule has 0 spiro atoms. The molecule has 0 saturated carbocycles. The first-order chi connectivity index (χ1) is 16.1. The number of carbonyl (C=O) groups is 1. The van der Waals surface area contributed by atoms with Crippen LogP contribution in [0.15, 0.2) is 83.3 Å². The van der Waals surface area contributed by atoms with Crippen LogP contribution in [0.25, 0.3) is 27.2 Å². The standard InChI is InChI=1S/C26H21N5OS/c1-17-22(18(2)31(30-17)19-9-4-3-5-10-19)16-27-29-26(32)21-15-24(25-13-8-14-33-25)28-23-12-7-6-11-20(21)23/h3-16H,1-2H3,(H,29,32). The van der Waals surface area contributed by atoms with Gasteiger partial charge in [-0.1, -0.05) is 42.5 Å². The molecule has 0 saturated heterocycles. The van der Waals surface area contributed by atoms with Crippen molar-refractivity contribution >= 4 is 34.4 Å². The van der Waals surface area contributed by atoms with E-state index in [-0.39, 0.29) is 5.91 Å². The van der Waals surface area contributed by atoms with Gasteiger partial charge in [0, 0.05) is 10.9 Å². The fourth-order valence-electron chi connectivity index (χ4n) is 3.79. The highest BCUT2D eigenvalue weighted by Gasteiger charge is 2.15. The summed E-state index contributed by atoms with van der Waals surface area (Å²) in [6.45, 7) is 3.92. The lowest BCUT2D eigenvalue weighted by Crippen LogP contribution is -2.18. The maximum atomic E-state index is 13.1.